The lowest BCUT2D eigenvalue weighted by atomic mass is 10.1. The minimum Gasteiger partial charge on any atom is -0.477 e. The van der Waals surface area contributed by atoms with Gasteiger partial charge in [0.15, 0.2) is 0 Å². The molecule has 1 amide bonds. The molecule has 5 rings (SSSR count). The average Bonchev–Trinajstić information content (AvgIpc) is 3.74. The molecule has 3 heterocycles. The molecule has 1 aliphatic carbocycles. The molecule has 2 aliphatic heterocycles. The Bertz CT molecular complexity index is 1260. The van der Waals surface area contributed by atoms with Crippen molar-refractivity contribution in [3.63, 3.8) is 0 Å². The molecule has 2 saturated heterocycles. The Morgan fingerprint density at radius 2 is 1.66 bits per heavy atom. The largest absolute Gasteiger partial charge is 0.477 e. The lowest BCUT2D eigenvalue weighted by molar-refractivity contribution is -0.133. The Labute approximate surface area is 221 Å². The van der Waals surface area contributed by atoms with Gasteiger partial charge in [-0.2, -0.15) is 0 Å². The van der Waals surface area contributed by atoms with Crippen molar-refractivity contribution < 1.29 is 19.1 Å². The zero-order valence-corrected chi connectivity index (χ0v) is 22.2. The van der Waals surface area contributed by atoms with Crippen molar-refractivity contribution >= 4 is 28.5 Å². The maximum absolute atomic E-state index is 15.2. The number of carboxylic acids is 1. The van der Waals surface area contributed by atoms with Crippen molar-refractivity contribution in [1.29, 1.82) is 0 Å². The highest BCUT2D eigenvalue weighted by atomic mass is 19.1. The fraction of sp³-hybridized carbons (Fsp3) is 0.593. The summed E-state index contributed by atoms with van der Waals surface area (Å²) < 4.78 is 17.0. The summed E-state index contributed by atoms with van der Waals surface area (Å²) in [5.41, 5.74) is -0.0556. The van der Waals surface area contributed by atoms with Crippen LogP contribution in [0.25, 0.3) is 10.9 Å². The van der Waals surface area contributed by atoms with E-state index in [9.17, 15) is 19.5 Å². The van der Waals surface area contributed by atoms with Gasteiger partial charge in [0.2, 0.25) is 11.3 Å². The van der Waals surface area contributed by atoms with E-state index in [1.165, 1.54) is 12.3 Å². The molecule has 0 bridgehead atoms. The first-order chi connectivity index (χ1) is 18.2. The van der Waals surface area contributed by atoms with Crippen molar-refractivity contribution in [3.05, 3.63) is 39.9 Å². The van der Waals surface area contributed by atoms with Gasteiger partial charge in [-0.25, -0.2) is 9.18 Å². The number of aromatic nitrogens is 1. The van der Waals surface area contributed by atoms with E-state index in [1.54, 1.807) is 6.07 Å². The summed E-state index contributed by atoms with van der Waals surface area (Å²) in [7, 11) is 4.15. The van der Waals surface area contributed by atoms with Gasteiger partial charge < -0.3 is 24.4 Å². The third-order valence-corrected chi connectivity index (χ3v) is 7.93. The highest BCUT2D eigenvalue weighted by Gasteiger charge is 2.29. The van der Waals surface area contributed by atoms with Gasteiger partial charge in [-0.15, -0.1) is 0 Å². The Hall–Kier alpha value is -3.02. The number of carboxylic acid groups (broad SMARTS) is 1. The number of piperazine rings is 2. The number of benzene rings is 1. The smallest absolute Gasteiger partial charge is 0.341 e. The third-order valence-electron chi connectivity index (χ3n) is 7.93. The van der Waals surface area contributed by atoms with E-state index in [2.05, 4.69) is 28.8 Å². The first kappa shape index (κ1) is 26.6. The Balaban J connectivity index is 1.22. The molecule has 11 heteroatoms. The topological polar surface area (TPSA) is 92.6 Å². The van der Waals surface area contributed by atoms with Gasteiger partial charge in [0, 0.05) is 83.1 Å². The number of likely N-dealkylation sites (N-methyl/N-ethyl adjacent to an activating group) is 1. The summed E-state index contributed by atoms with van der Waals surface area (Å²) in [4.78, 5) is 47.9. The number of pyridine rings is 1. The standard InChI is InChI=1S/C27H37FN6O4/c1-29(2)5-6-30-7-9-31(10-8-30)18-25(35)33-13-11-32(12-14-33)24-16-23-20(15-22(24)28)26(36)21(27(37)38)17-34(23)19-3-4-19/h15-17,19H,3-14,18H2,1-2H3,(H,37,38). The van der Waals surface area contributed by atoms with Gasteiger partial charge >= 0.3 is 5.97 Å². The monoisotopic (exact) mass is 528 g/mol. The maximum atomic E-state index is 15.2. The van der Waals surface area contributed by atoms with Crippen LogP contribution in [0.4, 0.5) is 10.1 Å². The molecular weight excluding hydrogens is 491 g/mol. The van der Waals surface area contributed by atoms with Crippen LogP contribution in [0.1, 0.15) is 29.2 Å². The fourth-order valence-electron chi connectivity index (χ4n) is 5.41. The summed E-state index contributed by atoms with van der Waals surface area (Å²) in [5, 5.41) is 9.54. The predicted molar refractivity (Wildman–Crippen MR) is 144 cm³/mol. The van der Waals surface area contributed by atoms with Gasteiger partial charge in [-0.1, -0.05) is 0 Å². The molecule has 3 fully saturated rings. The van der Waals surface area contributed by atoms with Gasteiger partial charge in [-0.3, -0.25) is 19.4 Å². The first-order valence-corrected chi connectivity index (χ1v) is 13.4. The van der Waals surface area contributed by atoms with Crippen LogP contribution < -0.4 is 10.3 Å². The van der Waals surface area contributed by atoms with E-state index < -0.39 is 17.2 Å². The van der Waals surface area contributed by atoms with Crippen LogP contribution in [0.3, 0.4) is 0 Å². The van der Waals surface area contributed by atoms with E-state index in [0.29, 0.717) is 43.9 Å². The molecular formula is C27H37FN6O4. The second kappa shape index (κ2) is 11.0. The summed E-state index contributed by atoms with van der Waals surface area (Å²) >= 11 is 0. The van der Waals surface area contributed by atoms with E-state index in [-0.39, 0.29) is 22.9 Å². The number of aromatic carboxylic acids is 1. The molecule has 3 aliphatic rings. The van der Waals surface area contributed by atoms with Crippen LogP contribution in [-0.4, -0.2) is 127 Å². The molecule has 0 atom stereocenters. The van der Waals surface area contributed by atoms with Gasteiger partial charge in [0.25, 0.3) is 0 Å². The minimum absolute atomic E-state index is 0.0914. The van der Waals surface area contributed by atoms with Crippen molar-refractivity contribution in [3.8, 4) is 0 Å². The zero-order chi connectivity index (χ0) is 27.0. The Kier molecular flexibility index (Phi) is 7.69. The number of rotatable bonds is 8. The van der Waals surface area contributed by atoms with Gasteiger partial charge in [0.05, 0.1) is 17.7 Å². The lowest BCUT2D eigenvalue weighted by Crippen LogP contribution is -2.54. The predicted octanol–water partition coefficient (Wildman–Crippen LogP) is 1.00. The number of carbonyl (C=O) groups is 2. The highest BCUT2D eigenvalue weighted by molar-refractivity contribution is 5.93. The summed E-state index contributed by atoms with van der Waals surface area (Å²) in [6.07, 6.45) is 3.19. The van der Waals surface area contributed by atoms with Crippen LogP contribution in [0.2, 0.25) is 0 Å². The quantitative estimate of drug-likeness (QED) is 0.543. The molecule has 1 saturated carbocycles. The zero-order valence-electron chi connectivity index (χ0n) is 22.2. The molecule has 38 heavy (non-hydrogen) atoms. The molecule has 2 aromatic rings. The first-order valence-electron chi connectivity index (χ1n) is 13.4. The van der Waals surface area contributed by atoms with Crippen molar-refractivity contribution in [1.82, 2.24) is 24.2 Å². The Morgan fingerprint density at radius 3 is 2.26 bits per heavy atom. The second-order valence-corrected chi connectivity index (χ2v) is 10.9. The number of halogens is 1. The number of nitrogens with zero attached hydrogens (tertiary/aromatic N) is 6. The van der Waals surface area contributed by atoms with E-state index in [4.69, 9.17) is 0 Å². The van der Waals surface area contributed by atoms with Crippen molar-refractivity contribution in [2.75, 3.05) is 91.0 Å². The number of fused-ring (bicyclic) bond motifs is 1. The van der Waals surface area contributed by atoms with Crippen molar-refractivity contribution in [2.24, 2.45) is 0 Å². The van der Waals surface area contributed by atoms with Gasteiger partial charge in [-0.05, 0) is 39.1 Å². The number of hydrogen-bond acceptors (Lipinski definition) is 7. The normalized spacial score (nSPS) is 19.5. The number of amides is 1. The molecule has 0 radical (unpaired) electrons. The van der Waals surface area contributed by atoms with E-state index in [0.717, 1.165) is 52.1 Å². The summed E-state index contributed by atoms with van der Waals surface area (Å²) in [5.74, 6) is -1.75. The molecule has 1 aromatic heterocycles. The lowest BCUT2D eigenvalue weighted by Gasteiger charge is -2.39. The number of carbonyl (C=O) groups excluding carboxylic acids is 1. The molecule has 1 aromatic carbocycles. The molecule has 206 valence electrons. The Morgan fingerprint density at radius 1 is 1.00 bits per heavy atom. The van der Waals surface area contributed by atoms with Crippen LogP contribution in [0, 0.1) is 5.82 Å². The van der Waals surface area contributed by atoms with Gasteiger partial charge in [0.1, 0.15) is 11.4 Å². The van der Waals surface area contributed by atoms with E-state index in [1.807, 2.05) is 14.4 Å². The van der Waals surface area contributed by atoms with Crippen LogP contribution in [-0.2, 0) is 4.79 Å². The fourth-order valence-corrected chi connectivity index (χ4v) is 5.41. The SMILES string of the molecule is CN(C)CCN1CCN(CC(=O)N2CCN(c3cc4c(cc3F)c(=O)c(C(=O)O)cn4C3CC3)CC2)CC1. The summed E-state index contributed by atoms with van der Waals surface area (Å²) in [6.45, 7) is 8.18. The molecule has 10 nitrogen and oxygen atoms in total. The van der Waals surface area contributed by atoms with E-state index >= 15 is 4.39 Å². The number of hydrogen-bond donors (Lipinski definition) is 1. The average molecular weight is 529 g/mol. The molecule has 0 spiro atoms. The van der Waals surface area contributed by atoms with Crippen molar-refractivity contribution in [2.45, 2.75) is 18.9 Å². The highest BCUT2D eigenvalue weighted by Crippen LogP contribution is 2.38. The maximum Gasteiger partial charge on any atom is 0.341 e. The second-order valence-electron chi connectivity index (χ2n) is 10.9. The van der Waals surface area contributed by atoms with Crippen LogP contribution in [0.15, 0.2) is 23.1 Å². The minimum atomic E-state index is -1.30. The van der Waals surface area contributed by atoms with Crippen LogP contribution in [0.5, 0.6) is 0 Å². The van der Waals surface area contributed by atoms with Crippen LogP contribution >= 0.6 is 0 Å². The molecule has 0 unspecified atom stereocenters. The summed E-state index contributed by atoms with van der Waals surface area (Å²) in [6, 6.07) is 2.97. The molecule has 1 N–H and O–H groups in total. The number of anilines is 1. The third kappa shape index (κ3) is 5.69.